The molecule has 1 aliphatic rings. The molecule has 5 nitrogen and oxygen atoms in total. The third-order valence-electron chi connectivity index (χ3n) is 3.28. The number of hydrogen-bond acceptors (Lipinski definition) is 4. The lowest BCUT2D eigenvalue weighted by Crippen LogP contribution is -2.39. The summed E-state index contributed by atoms with van der Waals surface area (Å²) in [5, 5.41) is 3.31. The highest BCUT2D eigenvalue weighted by atomic mass is 16.5. The second-order valence-corrected chi connectivity index (χ2v) is 4.62. The first-order chi connectivity index (χ1) is 8.77. The Morgan fingerprint density at radius 2 is 2.39 bits per heavy atom. The number of carbonyl (C=O) groups is 1. The van der Waals surface area contributed by atoms with Crippen molar-refractivity contribution in [3.63, 3.8) is 0 Å². The number of ether oxygens (including phenoxy) is 1. The summed E-state index contributed by atoms with van der Waals surface area (Å²) in [6.07, 6.45) is 4.56. The quantitative estimate of drug-likeness (QED) is 0.769. The highest BCUT2D eigenvalue weighted by Crippen LogP contribution is 2.18. The van der Waals surface area contributed by atoms with E-state index in [0.29, 0.717) is 19.0 Å². The zero-order valence-electron chi connectivity index (χ0n) is 11.1. The van der Waals surface area contributed by atoms with Crippen molar-refractivity contribution in [1.29, 1.82) is 0 Å². The smallest absolute Gasteiger partial charge is 0.205 e. The summed E-state index contributed by atoms with van der Waals surface area (Å²) in [5.74, 6) is 0.551. The van der Waals surface area contributed by atoms with Gasteiger partial charge in [-0.15, -0.1) is 0 Å². The Balaban J connectivity index is 2.12. The van der Waals surface area contributed by atoms with Crippen LogP contribution in [0.1, 0.15) is 30.9 Å². The second-order valence-electron chi connectivity index (χ2n) is 4.62. The number of carbonyl (C=O) groups excluding carboxylic acids is 1. The average molecular weight is 251 g/mol. The van der Waals surface area contributed by atoms with E-state index in [9.17, 15) is 4.79 Å². The summed E-state index contributed by atoms with van der Waals surface area (Å²) in [5.41, 5.74) is 0. The zero-order valence-corrected chi connectivity index (χ0v) is 11.1. The van der Waals surface area contributed by atoms with Crippen LogP contribution in [-0.2, 0) is 11.3 Å². The van der Waals surface area contributed by atoms with Crippen LogP contribution in [-0.4, -0.2) is 41.1 Å². The van der Waals surface area contributed by atoms with Crippen LogP contribution >= 0.6 is 0 Å². The zero-order chi connectivity index (χ0) is 13.0. The molecule has 2 rings (SSSR count). The normalized spacial score (nSPS) is 23.4. The van der Waals surface area contributed by atoms with Crippen LogP contribution in [0.5, 0.6) is 0 Å². The van der Waals surface area contributed by atoms with Gasteiger partial charge in [-0.25, -0.2) is 4.98 Å². The molecule has 0 amide bonds. The van der Waals surface area contributed by atoms with E-state index in [-0.39, 0.29) is 17.7 Å². The van der Waals surface area contributed by atoms with E-state index in [1.165, 1.54) is 0 Å². The van der Waals surface area contributed by atoms with Crippen LogP contribution < -0.4 is 5.32 Å². The topological polar surface area (TPSA) is 56.2 Å². The minimum atomic E-state index is -0.108. The van der Waals surface area contributed by atoms with Gasteiger partial charge >= 0.3 is 0 Å². The van der Waals surface area contributed by atoms with Crippen molar-refractivity contribution in [2.45, 2.75) is 32.9 Å². The van der Waals surface area contributed by atoms with Gasteiger partial charge in [0.15, 0.2) is 5.82 Å². The maximum Gasteiger partial charge on any atom is 0.205 e. The molecule has 5 heteroatoms. The Morgan fingerprint density at radius 1 is 1.56 bits per heavy atom. The van der Waals surface area contributed by atoms with Gasteiger partial charge in [0, 0.05) is 25.0 Å². The fourth-order valence-electron chi connectivity index (χ4n) is 2.40. The maximum atomic E-state index is 12.5. The van der Waals surface area contributed by atoms with Crippen molar-refractivity contribution in [2.75, 3.05) is 19.8 Å². The van der Waals surface area contributed by atoms with E-state index in [0.717, 1.165) is 19.5 Å². The Morgan fingerprint density at radius 3 is 3.11 bits per heavy atom. The molecular formula is C13H21N3O2. The lowest BCUT2D eigenvalue weighted by molar-refractivity contribution is 0.0876. The molecule has 1 fully saturated rings. The fourth-order valence-corrected chi connectivity index (χ4v) is 2.40. The Labute approximate surface area is 108 Å². The standard InChI is InChI=1S/C13H21N3O2/c1-3-6-16-7-5-15-13(16)12(17)10-8-18-9-11(10)14-4-2/h5,7,10-11,14H,3-4,6,8-9H2,1-2H3. The molecule has 0 spiro atoms. The summed E-state index contributed by atoms with van der Waals surface area (Å²) in [6, 6.07) is 0.120. The fraction of sp³-hybridized carbons (Fsp3) is 0.692. The SMILES string of the molecule is CCCn1ccnc1C(=O)C1COCC1NCC. The summed E-state index contributed by atoms with van der Waals surface area (Å²) >= 11 is 0. The predicted octanol–water partition coefficient (Wildman–Crippen LogP) is 1.10. The number of ketones is 1. The van der Waals surface area contributed by atoms with Gasteiger partial charge in [0.05, 0.1) is 19.1 Å². The summed E-state index contributed by atoms with van der Waals surface area (Å²) < 4.78 is 7.36. The van der Waals surface area contributed by atoms with Crippen LogP contribution in [0.2, 0.25) is 0 Å². The number of Topliss-reactive ketones (excluding diaryl/α,β-unsaturated/α-hetero) is 1. The monoisotopic (exact) mass is 251 g/mol. The van der Waals surface area contributed by atoms with Crippen molar-refractivity contribution in [3.8, 4) is 0 Å². The van der Waals surface area contributed by atoms with Crippen LogP contribution in [0.3, 0.4) is 0 Å². The van der Waals surface area contributed by atoms with Crippen LogP contribution in [0, 0.1) is 5.92 Å². The third kappa shape index (κ3) is 2.62. The van der Waals surface area contributed by atoms with Crippen LogP contribution in [0.25, 0.3) is 0 Å². The minimum Gasteiger partial charge on any atom is -0.379 e. The maximum absolute atomic E-state index is 12.5. The van der Waals surface area contributed by atoms with Gasteiger partial charge in [0.25, 0.3) is 0 Å². The first kappa shape index (κ1) is 13.2. The number of rotatable bonds is 6. The Bertz CT molecular complexity index is 403. The third-order valence-corrected chi connectivity index (χ3v) is 3.28. The number of nitrogens with zero attached hydrogens (tertiary/aromatic N) is 2. The molecule has 0 aliphatic carbocycles. The molecule has 1 aliphatic heterocycles. The highest BCUT2D eigenvalue weighted by Gasteiger charge is 2.35. The van der Waals surface area contributed by atoms with Crippen LogP contribution in [0.15, 0.2) is 12.4 Å². The minimum absolute atomic E-state index is 0.0944. The Hall–Kier alpha value is -1.20. The van der Waals surface area contributed by atoms with E-state index in [4.69, 9.17) is 4.74 Å². The largest absolute Gasteiger partial charge is 0.379 e. The van der Waals surface area contributed by atoms with Crippen molar-refractivity contribution >= 4 is 5.78 Å². The number of nitrogens with one attached hydrogen (secondary N) is 1. The van der Waals surface area contributed by atoms with Crippen molar-refractivity contribution in [2.24, 2.45) is 5.92 Å². The van der Waals surface area contributed by atoms with E-state index >= 15 is 0 Å². The van der Waals surface area contributed by atoms with Crippen LogP contribution in [0.4, 0.5) is 0 Å². The molecule has 1 aromatic rings. The molecule has 1 N–H and O–H groups in total. The number of aryl methyl sites for hydroxylation is 1. The van der Waals surface area contributed by atoms with Crippen molar-refractivity contribution in [3.05, 3.63) is 18.2 Å². The molecule has 0 radical (unpaired) electrons. The van der Waals surface area contributed by atoms with Gasteiger partial charge in [-0.2, -0.15) is 0 Å². The van der Waals surface area contributed by atoms with Gasteiger partial charge in [-0.1, -0.05) is 13.8 Å². The number of imidazole rings is 1. The van der Waals surface area contributed by atoms with Crippen molar-refractivity contribution < 1.29 is 9.53 Å². The lowest BCUT2D eigenvalue weighted by Gasteiger charge is -2.17. The molecule has 1 aromatic heterocycles. The number of likely N-dealkylation sites (N-methyl/N-ethyl adjacent to an activating group) is 1. The van der Waals surface area contributed by atoms with Gasteiger partial charge in [-0.05, 0) is 13.0 Å². The summed E-state index contributed by atoms with van der Waals surface area (Å²) in [4.78, 5) is 16.7. The van der Waals surface area contributed by atoms with E-state index in [1.54, 1.807) is 6.20 Å². The number of aromatic nitrogens is 2. The lowest BCUT2D eigenvalue weighted by atomic mass is 9.98. The first-order valence-corrected chi connectivity index (χ1v) is 6.64. The molecule has 18 heavy (non-hydrogen) atoms. The van der Waals surface area contributed by atoms with Gasteiger partial charge in [0.2, 0.25) is 5.78 Å². The molecule has 2 heterocycles. The van der Waals surface area contributed by atoms with E-state index in [1.807, 2.05) is 17.7 Å². The average Bonchev–Trinajstić information content (AvgIpc) is 2.98. The van der Waals surface area contributed by atoms with E-state index in [2.05, 4.69) is 17.2 Å². The summed E-state index contributed by atoms with van der Waals surface area (Å²) in [6.45, 7) is 6.92. The first-order valence-electron chi connectivity index (χ1n) is 6.64. The second kappa shape index (κ2) is 6.11. The van der Waals surface area contributed by atoms with E-state index < -0.39 is 0 Å². The predicted molar refractivity (Wildman–Crippen MR) is 68.6 cm³/mol. The molecular weight excluding hydrogens is 230 g/mol. The van der Waals surface area contributed by atoms with Gasteiger partial charge in [0.1, 0.15) is 0 Å². The molecule has 2 atom stereocenters. The molecule has 0 saturated carbocycles. The molecule has 100 valence electrons. The molecule has 2 unspecified atom stereocenters. The molecule has 1 saturated heterocycles. The molecule has 0 bridgehead atoms. The van der Waals surface area contributed by atoms with Gasteiger partial charge < -0.3 is 14.6 Å². The number of hydrogen-bond donors (Lipinski definition) is 1. The Kier molecular flexibility index (Phi) is 4.49. The van der Waals surface area contributed by atoms with Gasteiger partial charge in [-0.3, -0.25) is 4.79 Å². The molecule has 0 aromatic carbocycles. The van der Waals surface area contributed by atoms with Crippen molar-refractivity contribution in [1.82, 2.24) is 14.9 Å². The summed E-state index contributed by atoms with van der Waals surface area (Å²) in [7, 11) is 0. The highest BCUT2D eigenvalue weighted by molar-refractivity contribution is 5.95.